The standard InChI is InChI=1S/C16H18N6O2/c1-10-5-12(3-4-13(10)22-9-18-8-19-22)15-20-16(24-21-15)14-7-17-6-11(2)23-14/h3-5,8-9,11,14,17H,6-7H2,1-2H3/t11-,14-/m1/s1. The van der Waals surface area contributed by atoms with Crippen molar-refractivity contribution in [2.24, 2.45) is 0 Å². The van der Waals surface area contributed by atoms with E-state index < -0.39 is 0 Å². The molecule has 1 aliphatic heterocycles. The van der Waals surface area contributed by atoms with Crippen molar-refractivity contribution in [2.75, 3.05) is 13.1 Å². The SMILES string of the molecule is Cc1cc(-c2noc([C@H]3CNC[C@@H](C)O3)n2)ccc1-n1cncn1. The first-order valence-electron chi connectivity index (χ1n) is 7.86. The number of benzene rings is 1. The molecule has 0 saturated carbocycles. The average molecular weight is 326 g/mol. The van der Waals surface area contributed by atoms with Crippen LogP contribution in [-0.4, -0.2) is 44.1 Å². The van der Waals surface area contributed by atoms with E-state index in [2.05, 4.69) is 25.5 Å². The Bertz CT molecular complexity index is 829. The predicted molar refractivity (Wildman–Crippen MR) is 85.5 cm³/mol. The van der Waals surface area contributed by atoms with Crippen LogP contribution < -0.4 is 5.32 Å². The van der Waals surface area contributed by atoms with Crippen LogP contribution >= 0.6 is 0 Å². The molecular formula is C16H18N6O2. The Kier molecular flexibility index (Phi) is 3.83. The molecule has 24 heavy (non-hydrogen) atoms. The lowest BCUT2D eigenvalue weighted by Crippen LogP contribution is -2.39. The number of aromatic nitrogens is 5. The highest BCUT2D eigenvalue weighted by molar-refractivity contribution is 5.59. The number of nitrogens with zero attached hydrogens (tertiary/aromatic N) is 5. The molecule has 0 radical (unpaired) electrons. The smallest absolute Gasteiger partial charge is 0.257 e. The molecule has 1 aliphatic rings. The molecule has 1 aromatic carbocycles. The number of morpholine rings is 1. The monoisotopic (exact) mass is 326 g/mol. The fourth-order valence-corrected chi connectivity index (χ4v) is 2.81. The van der Waals surface area contributed by atoms with Gasteiger partial charge < -0.3 is 14.6 Å². The Morgan fingerprint density at radius 1 is 1.29 bits per heavy atom. The number of nitrogens with one attached hydrogen (secondary N) is 1. The zero-order valence-corrected chi connectivity index (χ0v) is 13.5. The molecule has 0 aliphatic carbocycles. The van der Waals surface area contributed by atoms with E-state index in [1.165, 1.54) is 6.33 Å². The molecule has 1 saturated heterocycles. The number of hydrogen-bond donors (Lipinski definition) is 1. The summed E-state index contributed by atoms with van der Waals surface area (Å²) in [5, 5.41) is 11.5. The Labute approximate surface area is 138 Å². The van der Waals surface area contributed by atoms with Gasteiger partial charge in [-0.3, -0.25) is 0 Å². The Morgan fingerprint density at radius 2 is 2.21 bits per heavy atom. The molecule has 1 fully saturated rings. The first-order valence-corrected chi connectivity index (χ1v) is 7.86. The maximum atomic E-state index is 5.84. The zero-order chi connectivity index (χ0) is 16.5. The highest BCUT2D eigenvalue weighted by Gasteiger charge is 2.26. The molecule has 0 unspecified atom stereocenters. The van der Waals surface area contributed by atoms with Gasteiger partial charge in [-0.25, -0.2) is 9.67 Å². The third kappa shape index (κ3) is 2.81. The van der Waals surface area contributed by atoms with Gasteiger partial charge in [0.2, 0.25) is 5.82 Å². The molecule has 0 spiro atoms. The molecule has 2 atom stereocenters. The van der Waals surface area contributed by atoms with E-state index in [0.29, 0.717) is 18.3 Å². The predicted octanol–water partition coefficient (Wildman–Crippen LogP) is 1.68. The molecule has 8 nitrogen and oxygen atoms in total. The van der Waals surface area contributed by atoms with Gasteiger partial charge in [0.15, 0.2) is 0 Å². The van der Waals surface area contributed by atoms with Crippen LogP contribution in [0.15, 0.2) is 35.4 Å². The van der Waals surface area contributed by atoms with Gasteiger partial charge in [-0.1, -0.05) is 5.16 Å². The lowest BCUT2D eigenvalue weighted by Gasteiger charge is -2.25. The van der Waals surface area contributed by atoms with Gasteiger partial charge in [0.05, 0.1) is 11.8 Å². The normalized spacial score (nSPS) is 21.1. The van der Waals surface area contributed by atoms with Crippen LogP contribution in [-0.2, 0) is 4.74 Å². The number of aryl methyl sites for hydroxylation is 1. The van der Waals surface area contributed by atoms with Crippen molar-refractivity contribution in [2.45, 2.75) is 26.1 Å². The average Bonchev–Trinajstić information content (AvgIpc) is 3.27. The Balaban J connectivity index is 1.59. The van der Waals surface area contributed by atoms with E-state index in [9.17, 15) is 0 Å². The molecular weight excluding hydrogens is 308 g/mol. The minimum atomic E-state index is -0.203. The highest BCUT2D eigenvalue weighted by atomic mass is 16.5. The molecule has 0 amide bonds. The quantitative estimate of drug-likeness (QED) is 0.783. The first kappa shape index (κ1) is 15.0. The van der Waals surface area contributed by atoms with Gasteiger partial charge in [-0.05, 0) is 37.6 Å². The number of rotatable bonds is 3. The van der Waals surface area contributed by atoms with Gasteiger partial charge in [-0.2, -0.15) is 10.1 Å². The van der Waals surface area contributed by atoms with Crippen LogP contribution in [0.25, 0.3) is 17.1 Å². The summed E-state index contributed by atoms with van der Waals surface area (Å²) in [5.74, 6) is 1.06. The van der Waals surface area contributed by atoms with E-state index in [0.717, 1.165) is 23.4 Å². The Morgan fingerprint density at radius 3 is 2.96 bits per heavy atom. The van der Waals surface area contributed by atoms with Crippen molar-refractivity contribution in [3.05, 3.63) is 42.3 Å². The summed E-state index contributed by atoms with van der Waals surface area (Å²) in [5.41, 5.74) is 2.91. The fraction of sp³-hybridized carbons (Fsp3) is 0.375. The zero-order valence-electron chi connectivity index (χ0n) is 13.5. The summed E-state index contributed by atoms with van der Waals surface area (Å²) >= 11 is 0. The summed E-state index contributed by atoms with van der Waals surface area (Å²) in [6.45, 7) is 5.54. The molecule has 1 N–H and O–H groups in total. The van der Waals surface area contributed by atoms with E-state index >= 15 is 0 Å². The summed E-state index contributed by atoms with van der Waals surface area (Å²) in [4.78, 5) is 8.47. The minimum Gasteiger partial charge on any atom is -0.363 e. The summed E-state index contributed by atoms with van der Waals surface area (Å²) in [6.07, 6.45) is 3.11. The second-order valence-corrected chi connectivity index (χ2v) is 5.89. The molecule has 4 rings (SSSR count). The van der Waals surface area contributed by atoms with Crippen molar-refractivity contribution < 1.29 is 9.26 Å². The van der Waals surface area contributed by atoms with Crippen LogP contribution in [0.2, 0.25) is 0 Å². The Hall–Kier alpha value is -2.58. The van der Waals surface area contributed by atoms with E-state index in [1.807, 2.05) is 32.0 Å². The molecule has 124 valence electrons. The van der Waals surface area contributed by atoms with Crippen LogP contribution in [0.5, 0.6) is 0 Å². The van der Waals surface area contributed by atoms with Crippen molar-refractivity contribution in [1.29, 1.82) is 0 Å². The van der Waals surface area contributed by atoms with Crippen molar-refractivity contribution in [1.82, 2.24) is 30.2 Å². The van der Waals surface area contributed by atoms with Gasteiger partial charge in [0.25, 0.3) is 5.89 Å². The van der Waals surface area contributed by atoms with Crippen LogP contribution in [0.3, 0.4) is 0 Å². The van der Waals surface area contributed by atoms with Gasteiger partial charge in [0, 0.05) is 18.7 Å². The first-order chi connectivity index (χ1) is 11.7. The largest absolute Gasteiger partial charge is 0.363 e. The summed E-state index contributed by atoms with van der Waals surface area (Å²) in [7, 11) is 0. The fourth-order valence-electron chi connectivity index (χ4n) is 2.81. The van der Waals surface area contributed by atoms with E-state index in [4.69, 9.17) is 9.26 Å². The van der Waals surface area contributed by atoms with Gasteiger partial charge >= 0.3 is 0 Å². The number of hydrogen-bond acceptors (Lipinski definition) is 7. The molecule has 3 heterocycles. The molecule has 2 aromatic heterocycles. The van der Waals surface area contributed by atoms with Crippen LogP contribution in [0.4, 0.5) is 0 Å². The van der Waals surface area contributed by atoms with Crippen molar-refractivity contribution in [3.8, 4) is 17.1 Å². The van der Waals surface area contributed by atoms with Crippen LogP contribution in [0.1, 0.15) is 24.5 Å². The third-order valence-electron chi connectivity index (χ3n) is 4.00. The van der Waals surface area contributed by atoms with Crippen molar-refractivity contribution >= 4 is 0 Å². The lowest BCUT2D eigenvalue weighted by molar-refractivity contribution is -0.0438. The summed E-state index contributed by atoms with van der Waals surface area (Å²) in [6, 6.07) is 5.92. The molecule has 8 heteroatoms. The van der Waals surface area contributed by atoms with E-state index in [-0.39, 0.29) is 12.2 Å². The van der Waals surface area contributed by atoms with Gasteiger partial charge in [0.1, 0.15) is 18.8 Å². The van der Waals surface area contributed by atoms with Crippen LogP contribution in [0, 0.1) is 6.92 Å². The number of ether oxygens (including phenoxy) is 1. The topological polar surface area (TPSA) is 90.9 Å². The highest BCUT2D eigenvalue weighted by Crippen LogP contribution is 2.25. The second-order valence-electron chi connectivity index (χ2n) is 5.89. The van der Waals surface area contributed by atoms with Crippen molar-refractivity contribution in [3.63, 3.8) is 0 Å². The maximum absolute atomic E-state index is 5.84. The third-order valence-corrected chi connectivity index (χ3v) is 4.00. The van der Waals surface area contributed by atoms with Gasteiger partial charge in [-0.15, -0.1) is 0 Å². The summed E-state index contributed by atoms with van der Waals surface area (Å²) < 4.78 is 13.0. The second kappa shape index (κ2) is 6.14. The molecule has 0 bridgehead atoms. The lowest BCUT2D eigenvalue weighted by atomic mass is 10.1. The maximum Gasteiger partial charge on any atom is 0.257 e. The minimum absolute atomic E-state index is 0.128. The molecule has 3 aromatic rings. The van der Waals surface area contributed by atoms with E-state index in [1.54, 1.807) is 11.0 Å².